The van der Waals surface area contributed by atoms with Crippen LogP contribution in [0.2, 0.25) is 10.2 Å². The van der Waals surface area contributed by atoms with E-state index in [0.29, 0.717) is 16.5 Å². The Morgan fingerprint density at radius 1 is 1.06 bits per heavy atom. The highest BCUT2D eigenvalue weighted by Crippen LogP contribution is 2.32. The molecule has 0 saturated heterocycles. The van der Waals surface area contributed by atoms with E-state index in [9.17, 15) is 17.6 Å². The summed E-state index contributed by atoms with van der Waals surface area (Å²) in [6, 6.07) is 13.9. The molecule has 0 atom stereocenters. The number of fused-ring (bicyclic) bond motifs is 1. The molecule has 10 heteroatoms. The normalized spacial score (nSPS) is 11.6. The Kier molecular flexibility index (Phi) is 6.58. The quantitative estimate of drug-likeness (QED) is 0.320. The Balaban J connectivity index is 1.86. The topological polar surface area (TPSA) is 80.2 Å². The molecule has 0 unspecified atom stereocenters. The second-order valence-corrected chi connectivity index (χ2v) is 10.5. The van der Waals surface area contributed by atoms with E-state index in [2.05, 4.69) is 9.97 Å². The summed E-state index contributed by atoms with van der Waals surface area (Å²) in [6.45, 7) is 1.78. The summed E-state index contributed by atoms with van der Waals surface area (Å²) in [4.78, 5) is 23.1. The largest absolute Gasteiger partial charge is 0.303 e. The van der Waals surface area contributed by atoms with Crippen molar-refractivity contribution in [2.45, 2.75) is 18.4 Å². The van der Waals surface area contributed by atoms with Crippen molar-refractivity contribution in [1.29, 1.82) is 0 Å². The van der Waals surface area contributed by atoms with Crippen LogP contribution in [0.4, 0.5) is 10.1 Å². The molecule has 0 radical (unpaired) electrons. The summed E-state index contributed by atoms with van der Waals surface area (Å²) < 4.78 is 38.8. The minimum Gasteiger partial charge on any atom is -0.303 e. The lowest BCUT2D eigenvalue weighted by Crippen LogP contribution is -2.31. The number of anilines is 1. The van der Waals surface area contributed by atoms with E-state index in [1.54, 1.807) is 37.3 Å². The van der Waals surface area contributed by atoms with E-state index >= 15 is 0 Å². The number of aryl methyl sites for hydroxylation is 1. The Morgan fingerprint density at radius 2 is 1.82 bits per heavy atom. The molecule has 6 nitrogen and oxygen atoms in total. The van der Waals surface area contributed by atoms with Crippen molar-refractivity contribution < 1.29 is 17.6 Å². The monoisotopic (exact) mass is 517 g/mol. The molecule has 4 aromatic rings. The predicted octanol–water partition coefficient (Wildman–Crippen LogP) is 5.63. The fourth-order valence-electron chi connectivity index (χ4n) is 3.48. The van der Waals surface area contributed by atoms with Crippen molar-refractivity contribution in [2.24, 2.45) is 0 Å². The second kappa shape index (κ2) is 9.29. The average Bonchev–Trinajstić information content (AvgIpc) is 2.77. The Bertz CT molecular complexity index is 1530. The zero-order valence-corrected chi connectivity index (χ0v) is 20.4. The standard InChI is InChI=1S/C24H18Cl2FN3O3S/c1-14-3-5-17(12-28-14)24(31)30(21-11-18(25)7-8-22(21)34(2,32)33)13-15-4-6-16-10-19(27)23(26)29-20(16)9-15/h3-12H,13H2,1-2H3. The van der Waals surface area contributed by atoms with Crippen LogP contribution in [-0.2, 0) is 16.4 Å². The van der Waals surface area contributed by atoms with E-state index in [1.807, 2.05) is 0 Å². The zero-order valence-electron chi connectivity index (χ0n) is 18.1. The van der Waals surface area contributed by atoms with Gasteiger partial charge in [-0.25, -0.2) is 17.8 Å². The number of aromatic nitrogens is 2. The lowest BCUT2D eigenvalue weighted by atomic mass is 10.1. The highest BCUT2D eigenvalue weighted by Gasteiger charge is 2.25. The van der Waals surface area contributed by atoms with Gasteiger partial charge in [0, 0.05) is 28.6 Å². The van der Waals surface area contributed by atoms with E-state index < -0.39 is 21.6 Å². The van der Waals surface area contributed by atoms with Crippen molar-refractivity contribution in [1.82, 2.24) is 9.97 Å². The summed E-state index contributed by atoms with van der Waals surface area (Å²) in [5.74, 6) is -1.10. The molecule has 34 heavy (non-hydrogen) atoms. The van der Waals surface area contributed by atoms with Crippen LogP contribution in [-0.4, -0.2) is 30.5 Å². The second-order valence-electron chi connectivity index (χ2n) is 7.75. The molecule has 0 N–H and O–H groups in total. The molecule has 0 aliphatic heterocycles. The van der Waals surface area contributed by atoms with Gasteiger partial charge in [0.1, 0.15) is 0 Å². The highest BCUT2D eigenvalue weighted by atomic mass is 35.5. The molecule has 2 aromatic carbocycles. The zero-order chi connectivity index (χ0) is 24.6. The Hall–Kier alpha value is -3.07. The maximum atomic E-state index is 13.8. The van der Waals surface area contributed by atoms with Gasteiger partial charge < -0.3 is 4.90 Å². The number of sulfone groups is 1. The van der Waals surface area contributed by atoms with Gasteiger partial charge in [0.25, 0.3) is 5.91 Å². The molecule has 0 bridgehead atoms. The number of benzene rings is 2. The van der Waals surface area contributed by atoms with Crippen LogP contribution in [0, 0.1) is 12.7 Å². The maximum Gasteiger partial charge on any atom is 0.260 e. The van der Waals surface area contributed by atoms with E-state index in [1.165, 1.54) is 35.4 Å². The number of rotatable bonds is 5. The number of carbonyl (C=O) groups is 1. The Morgan fingerprint density at radius 3 is 2.50 bits per heavy atom. The number of halogens is 3. The van der Waals surface area contributed by atoms with Gasteiger partial charge in [-0.15, -0.1) is 0 Å². The summed E-state index contributed by atoms with van der Waals surface area (Å²) >= 11 is 12.0. The molecule has 1 amide bonds. The van der Waals surface area contributed by atoms with Gasteiger partial charge in [0.05, 0.1) is 28.2 Å². The van der Waals surface area contributed by atoms with Crippen LogP contribution in [0.15, 0.2) is 65.7 Å². The number of hydrogen-bond acceptors (Lipinski definition) is 5. The van der Waals surface area contributed by atoms with Crippen LogP contribution in [0.3, 0.4) is 0 Å². The van der Waals surface area contributed by atoms with Crippen molar-refractivity contribution in [3.05, 3.63) is 93.6 Å². The number of pyridine rings is 2. The molecule has 2 aromatic heterocycles. The smallest absolute Gasteiger partial charge is 0.260 e. The minimum atomic E-state index is -3.69. The molecule has 2 heterocycles. The number of carbonyl (C=O) groups excluding carboxylic acids is 1. The van der Waals surface area contributed by atoms with Crippen LogP contribution < -0.4 is 4.90 Å². The fourth-order valence-corrected chi connectivity index (χ4v) is 4.65. The Labute approximate surface area is 205 Å². The summed E-state index contributed by atoms with van der Waals surface area (Å²) in [7, 11) is -3.69. The van der Waals surface area contributed by atoms with Crippen LogP contribution in [0.25, 0.3) is 10.9 Å². The molecule has 4 rings (SSSR count). The summed E-state index contributed by atoms with van der Waals surface area (Å²) in [5, 5.41) is 0.535. The van der Waals surface area contributed by atoms with Gasteiger partial charge in [-0.2, -0.15) is 0 Å². The molecule has 0 spiro atoms. The first-order chi connectivity index (χ1) is 16.0. The van der Waals surface area contributed by atoms with Gasteiger partial charge in [-0.05, 0) is 55.0 Å². The van der Waals surface area contributed by atoms with Crippen molar-refractivity contribution in [3.63, 3.8) is 0 Å². The third kappa shape index (κ3) is 5.04. The van der Waals surface area contributed by atoms with Gasteiger partial charge >= 0.3 is 0 Å². The first kappa shape index (κ1) is 24.1. The molecular formula is C24H18Cl2FN3O3S. The van der Waals surface area contributed by atoms with E-state index in [-0.39, 0.29) is 32.9 Å². The first-order valence-electron chi connectivity index (χ1n) is 10.0. The molecule has 0 fully saturated rings. The fraction of sp³-hybridized carbons (Fsp3) is 0.125. The van der Waals surface area contributed by atoms with Crippen molar-refractivity contribution >= 4 is 55.5 Å². The SMILES string of the molecule is Cc1ccc(C(=O)N(Cc2ccc3cc(F)c(Cl)nc3c2)c2cc(Cl)ccc2S(C)(=O)=O)cn1. The van der Waals surface area contributed by atoms with Crippen molar-refractivity contribution in [2.75, 3.05) is 11.2 Å². The van der Waals surface area contributed by atoms with E-state index in [0.717, 1.165) is 11.9 Å². The van der Waals surface area contributed by atoms with Crippen LogP contribution in [0.1, 0.15) is 21.6 Å². The third-order valence-corrected chi connectivity index (χ3v) is 6.79. The third-order valence-electron chi connectivity index (χ3n) is 5.15. The van der Waals surface area contributed by atoms with E-state index in [4.69, 9.17) is 23.2 Å². The van der Waals surface area contributed by atoms with Crippen LogP contribution >= 0.6 is 23.2 Å². The molecule has 174 valence electrons. The number of amides is 1. The number of nitrogens with zero attached hydrogens (tertiary/aromatic N) is 3. The molecule has 0 aliphatic carbocycles. The summed E-state index contributed by atoms with van der Waals surface area (Å²) in [5.41, 5.74) is 2.19. The maximum absolute atomic E-state index is 13.8. The highest BCUT2D eigenvalue weighted by molar-refractivity contribution is 7.90. The molecule has 0 saturated carbocycles. The predicted molar refractivity (Wildman–Crippen MR) is 131 cm³/mol. The van der Waals surface area contributed by atoms with Crippen LogP contribution in [0.5, 0.6) is 0 Å². The van der Waals surface area contributed by atoms with Gasteiger partial charge in [0.15, 0.2) is 20.8 Å². The molecule has 0 aliphatic rings. The lowest BCUT2D eigenvalue weighted by Gasteiger charge is -2.25. The van der Waals surface area contributed by atoms with Gasteiger partial charge in [-0.1, -0.05) is 35.3 Å². The van der Waals surface area contributed by atoms with Crippen molar-refractivity contribution in [3.8, 4) is 0 Å². The molecular weight excluding hydrogens is 500 g/mol. The lowest BCUT2D eigenvalue weighted by molar-refractivity contribution is 0.0984. The minimum absolute atomic E-state index is 0.0117. The van der Waals surface area contributed by atoms with Gasteiger partial charge in [-0.3, -0.25) is 9.78 Å². The number of hydrogen-bond donors (Lipinski definition) is 0. The average molecular weight is 518 g/mol. The van der Waals surface area contributed by atoms with Gasteiger partial charge in [0.2, 0.25) is 0 Å². The summed E-state index contributed by atoms with van der Waals surface area (Å²) in [6.07, 6.45) is 2.49. The first-order valence-corrected chi connectivity index (χ1v) is 12.7.